The number of pyridine rings is 1. The van der Waals surface area contributed by atoms with E-state index in [0.717, 1.165) is 6.20 Å². The Hall–Kier alpha value is -1.43. The maximum atomic E-state index is 11.6. The Morgan fingerprint density at radius 2 is 2.20 bits per heavy atom. The second-order valence-corrected chi connectivity index (χ2v) is 5.01. The summed E-state index contributed by atoms with van der Waals surface area (Å²) in [5.74, 6) is -0.757. The second-order valence-electron chi connectivity index (χ2n) is 2.77. The molecule has 82 valence electrons. The molecule has 0 bridgehead atoms. The number of carbonyl (C=O) groups is 1. The molecule has 0 aliphatic rings. The number of hydrogen-bond acceptors (Lipinski definition) is 5. The number of sulfone groups is 1. The third-order valence-electron chi connectivity index (χ3n) is 1.90. The van der Waals surface area contributed by atoms with E-state index in [2.05, 4.69) is 9.72 Å². The monoisotopic (exact) mass is 229 g/mol. The van der Waals surface area contributed by atoms with Crippen LogP contribution in [0.4, 0.5) is 0 Å². The lowest BCUT2D eigenvalue weighted by atomic mass is 10.3. The summed E-state index contributed by atoms with van der Waals surface area (Å²) in [4.78, 5) is 14.9. The largest absolute Gasteiger partial charge is 0.465 e. The molecule has 0 aromatic carbocycles. The summed E-state index contributed by atoms with van der Waals surface area (Å²) in [6.07, 6.45) is 2.51. The number of rotatable bonds is 3. The summed E-state index contributed by atoms with van der Waals surface area (Å²) in [5.41, 5.74) is 0.0225. The van der Waals surface area contributed by atoms with Crippen LogP contribution in [-0.4, -0.2) is 32.2 Å². The van der Waals surface area contributed by atoms with Crippen LogP contribution in [0.15, 0.2) is 23.4 Å². The average molecular weight is 229 g/mol. The van der Waals surface area contributed by atoms with Crippen LogP contribution in [-0.2, 0) is 14.6 Å². The van der Waals surface area contributed by atoms with Crippen molar-refractivity contribution in [3.8, 4) is 0 Å². The van der Waals surface area contributed by atoms with E-state index in [1.165, 1.54) is 26.3 Å². The van der Waals surface area contributed by atoms with E-state index >= 15 is 0 Å². The highest BCUT2D eigenvalue weighted by molar-refractivity contribution is 7.91. The SMILES string of the molecule is CCS(=O)(=O)c1cnccc1C(=O)OC. The Morgan fingerprint density at radius 3 is 2.73 bits per heavy atom. The number of nitrogens with zero attached hydrogens (tertiary/aromatic N) is 1. The van der Waals surface area contributed by atoms with Crippen molar-refractivity contribution in [1.82, 2.24) is 4.98 Å². The van der Waals surface area contributed by atoms with Crippen molar-refractivity contribution < 1.29 is 17.9 Å². The van der Waals surface area contributed by atoms with E-state index < -0.39 is 15.8 Å². The van der Waals surface area contributed by atoms with Gasteiger partial charge in [-0.1, -0.05) is 6.92 Å². The van der Waals surface area contributed by atoms with Crippen molar-refractivity contribution in [3.63, 3.8) is 0 Å². The minimum atomic E-state index is -3.45. The van der Waals surface area contributed by atoms with Gasteiger partial charge in [-0.05, 0) is 6.07 Å². The van der Waals surface area contributed by atoms with E-state index in [9.17, 15) is 13.2 Å². The average Bonchev–Trinajstić information content (AvgIpc) is 2.28. The van der Waals surface area contributed by atoms with Gasteiger partial charge in [0.2, 0.25) is 0 Å². The molecule has 1 heterocycles. The zero-order chi connectivity index (χ0) is 11.5. The Bertz CT molecular complexity index is 467. The highest BCUT2D eigenvalue weighted by Crippen LogP contribution is 2.16. The zero-order valence-electron chi connectivity index (χ0n) is 8.43. The third-order valence-corrected chi connectivity index (χ3v) is 3.66. The first-order valence-corrected chi connectivity index (χ1v) is 5.93. The summed E-state index contributed by atoms with van der Waals surface area (Å²) < 4.78 is 27.7. The van der Waals surface area contributed by atoms with Gasteiger partial charge in [0.15, 0.2) is 9.84 Å². The quantitative estimate of drug-likeness (QED) is 0.712. The maximum Gasteiger partial charge on any atom is 0.339 e. The van der Waals surface area contributed by atoms with Crippen molar-refractivity contribution in [2.75, 3.05) is 12.9 Å². The predicted octanol–water partition coefficient (Wildman–Crippen LogP) is 0.662. The fourth-order valence-electron chi connectivity index (χ4n) is 1.06. The molecule has 15 heavy (non-hydrogen) atoms. The molecule has 0 saturated heterocycles. The lowest BCUT2D eigenvalue weighted by Crippen LogP contribution is -2.12. The van der Waals surface area contributed by atoms with E-state index in [1.807, 2.05) is 0 Å². The van der Waals surface area contributed by atoms with Crippen LogP contribution in [0.5, 0.6) is 0 Å². The lowest BCUT2D eigenvalue weighted by Gasteiger charge is -2.05. The van der Waals surface area contributed by atoms with Gasteiger partial charge in [0.05, 0.1) is 23.3 Å². The molecule has 1 aromatic rings. The first kappa shape index (κ1) is 11.6. The van der Waals surface area contributed by atoms with Crippen molar-refractivity contribution >= 4 is 15.8 Å². The number of carbonyl (C=O) groups excluding carboxylic acids is 1. The number of esters is 1. The Balaban J connectivity index is 3.37. The van der Waals surface area contributed by atoms with Gasteiger partial charge in [-0.25, -0.2) is 13.2 Å². The second kappa shape index (κ2) is 4.39. The Kier molecular flexibility index (Phi) is 3.41. The molecule has 0 aliphatic heterocycles. The van der Waals surface area contributed by atoms with Gasteiger partial charge in [-0.2, -0.15) is 0 Å². The lowest BCUT2D eigenvalue weighted by molar-refractivity contribution is 0.0596. The molecule has 0 fully saturated rings. The van der Waals surface area contributed by atoms with Crippen LogP contribution in [0.1, 0.15) is 17.3 Å². The fourth-order valence-corrected chi connectivity index (χ4v) is 2.08. The molecule has 0 amide bonds. The Morgan fingerprint density at radius 1 is 1.53 bits per heavy atom. The third kappa shape index (κ3) is 2.33. The molecule has 0 N–H and O–H groups in total. The van der Waals surface area contributed by atoms with Crippen molar-refractivity contribution in [2.24, 2.45) is 0 Å². The standard InChI is InChI=1S/C9H11NO4S/c1-3-15(12,13)8-6-10-5-4-7(8)9(11)14-2/h4-6H,3H2,1-2H3. The minimum Gasteiger partial charge on any atom is -0.465 e. The van der Waals surface area contributed by atoms with Crippen LogP contribution >= 0.6 is 0 Å². The molecule has 5 nitrogen and oxygen atoms in total. The summed E-state index contributed by atoms with van der Waals surface area (Å²) in [6, 6.07) is 1.33. The molecule has 1 rings (SSSR count). The minimum absolute atomic E-state index is 0.0225. The molecule has 1 aromatic heterocycles. The highest BCUT2D eigenvalue weighted by atomic mass is 32.2. The normalized spacial score (nSPS) is 11.1. The topological polar surface area (TPSA) is 73.3 Å². The van der Waals surface area contributed by atoms with Gasteiger partial charge >= 0.3 is 5.97 Å². The number of methoxy groups -OCH3 is 1. The van der Waals surface area contributed by atoms with Crippen LogP contribution in [0, 0.1) is 0 Å². The van der Waals surface area contributed by atoms with Gasteiger partial charge in [0.25, 0.3) is 0 Å². The smallest absolute Gasteiger partial charge is 0.339 e. The van der Waals surface area contributed by atoms with Crippen molar-refractivity contribution in [2.45, 2.75) is 11.8 Å². The highest BCUT2D eigenvalue weighted by Gasteiger charge is 2.21. The molecule has 0 saturated carbocycles. The van der Waals surface area contributed by atoms with E-state index in [0.29, 0.717) is 0 Å². The molecule has 0 spiro atoms. The van der Waals surface area contributed by atoms with Gasteiger partial charge in [-0.3, -0.25) is 4.98 Å². The molecule has 0 atom stereocenters. The van der Waals surface area contributed by atoms with Crippen LogP contribution in [0.2, 0.25) is 0 Å². The molecule has 0 aliphatic carbocycles. The summed E-state index contributed by atoms with van der Waals surface area (Å²) in [6.45, 7) is 1.50. The first-order valence-electron chi connectivity index (χ1n) is 4.28. The van der Waals surface area contributed by atoms with E-state index in [4.69, 9.17) is 0 Å². The number of aromatic nitrogens is 1. The molecule has 0 radical (unpaired) electrons. The maximum absolute atomic E-state index is 11.6. The van der Waals surface area contributed by atoms with Crippen molar-refractivity contribution in [3.05, 3.63) is 24.0 Å². The Labute approximate surface area is 88.0 Å². The summed E-state index contributed by atoms with van der Waals surface area (Å²) in [7, 11) is -2.25. The fraction of sp³-hybridized carbons (Fsp3) is 0.333. The van der Waals surface area contributed by atoms with Crippen LogP contribution < -0.4 is 0 Å². The van der Waals surface area contributed by atoms with Gasteiger partial charge < -0.3 is 4.74 Å². The number of ether oxygens (including phenoxy) is 1. The molecule has 0 unspecified atom stereocenters. The zero-order valence-corrected chi connectivity index (χ0v) is 9.24. The van der Waals surface area contributed by atoms with Gasteiger partial charge in [0, 0.05) is 12.4 Å². The summed E-state index contributed by atoms with van der Waals surface area (Å²) in [5, 5.41) is 0. The molecular formula is C9H11NO4S. The van der Waals surface area contributed by atoms with E-state index in [-0.39, 0.29) is 16.2 Å². The van der Waals surface area contributed by atoms with Crippen molar-refractivity contribution in [1.29, 1.82) is 0 Å². The van der Waals surface area contributed by atoms with Crippen LogP contribution in [0.25, 0.3) is 0 Å². The van der Waals surface area contributed by atoms with Gasteiger partial charge in [0.1, 0.15) is 0 Å². The first-order chi connectivity index (χ1) is 7.03. The number of hydrogen-bond donors (Lipinski definition) is 0. The molecule has 6 heteroatoms. The van der Waals surface area contributed by atoms with Crippen LogP contribution in [0.3, 0.4) is 0 Å². The molecular weight excluding hydrogens is 218 g/mol. The van der Waals surface area contributed by atoms with Gasteiger partial charge in [-0.15, -0.1) is 0 Å². The summed E-state index contributed by atoms with van der Waals surface area (Å²) >= 11 is 0. The predicted molar refractivity (Wildman–Crippen MR) is 53.3 cm³/mol. The van der Waals surface area contributed by atoms with E-state index in [1.54, 1.807) is 0 Å².